The van der Waals surface area contributed by atoms with E-state index in [2.05, 4.69) is 10.5 Å². The van der Waals surface area contributed by atoms with Gasteiger partial charge in [-0.05, 0) is 51.8 Å². The predicted molar refractivity (Wildman–Crippen MR) is 132 cm³/mol. The number of hydrogen-bond donors (Lipinski definition) is 1. The number of halogens is 1. The first-order valence-corrected chi connectivity index (χ1v) is 11.8. The molecular formula is C26H29ClN4O3. The van der Waals surface area contributed by atoms with E-state index in [1.165, 1.54) is 0 Å². The molecule has 0 saturated carbocycles. The van der Waals surface area contributed by atoms with E-state index in [-0.39, 0.29) is 12.1 Å². The lowest BCUT2D eigenvalue weighted by Gasteiger charge is -2.35. The third-order valence-corrected chi connectivity index (χ3v) is 5.96. The van der Waals surface area contributed by atoms with Crippen molar-refractivity contribution < 1.29 is 14.1 Å². The Morgan fingerprint density at radius 2 is 1.94 bits per heavy atom. The Balaban J connectivity index is 1.71. The fourth-order valence-electron chi connectivity index (χ4n) is 3.96. The van der Waals surface area contributed by atoms with E-state index in [0.717, 1.165) is 28.0 Å². The number of nitrogens with one attached hydrogen (secondary N) is 1. The van der Waals surface area contributed by atoms with E-state index < -0.39 is 6.04 Å². The van der Waals surface area contributed by atoms with Crippen LogP contribution in [0.4, 0.5) is 4.79 Å². The largest absolute Gasteiger partial charge is 0.379 e. The average Bonchev–Trinajstić information content (AvgIpc) is 3.28. The molecule has 0 radical (unpaired) electrons. The zero-order valence-electron chi connectivity index (χ0n) is 19.8. The van der Waals surface area contributed by atoms with E-state index in [1.807, 2.05) is 70.2 Å². The van der Waals surface area contributed by atoms with Crippen LogP contribution < -0.4 is 5.32 Å². The highest BCUT2D eigenvalue weighted by molar-refractivity contribution is 6.30. The van der Waals surface area contributed by atoms with Crippen molar-refractivity contribution in [3.05, 3.63) is 76.3 Å². The SMILES string of the molecule is CC1=C(c2nc(-c3ccc(C)cc3)no2)C(c2cccc(Cl)c2)NC(=O)N1CCCOC(C)C. The van der Waals surface area contributed by atoms with Crippen molar-refractivity contribution in [2.45, 2.75) is 46.3 Å². The highest BCUT2D eigenvalue weighted by Gasteiger charge is 2.35. The van der Waals surface area contributed by atoms with E-state index in [0.29, 0.717) is 36.3 Å². The molecule has 8 heteroatoms. The van der Waals surface area contributed by atoms with Gasteiger partial charge in [-0.25, -0.2) is 4.79 Å². The molecule has 4 rings (SSSR count). The van der Waals surface area contributed by atoms with Crippen LogP contribution in [0.3, 0.4) is 0 Å². The summed E-state index contributed by atoms with van der Waals surface area (Å²) in [6, 6.07) is 14.7. The van der Waals surface area contributed by atoms with Crippen molar-refractivity contribution >= 4 is 23.2 Å². The Morgan fingerprint density at radius 1 is 1.18 bits per heavy atom. The van der Waals surface area contributed by atoms with Crippen LogP contribution in [0, 0.1) is 6.92 Å². The maximum absolute atomic E-state index is 13.1. The van der Waals surface area contributed by atoms with Gasteiger partial charge >= 0.3 is 6.03 Å². The summed E-state index contributed by atoms with van der Waals surface area (Å²) in [7, 11) is 0. The van der Waals surface area contributed by atoms with Gasteiger partial charge in [0.1, 0.15) is 0 Å². The zero-order chi connectivity index (χ0) is 24.2. The highest BCUT2D eigenvalue weighted by atomic mass is 35.5. The molecule has 0 bridgehead atoms. The predicted octanol–water partition coefficient (Wildman–Crippen LogP) is 6.01. The molecule has 1 aliphatic heterocycles. The Kier molecular flexibility index (Phi) is 7.34. The summed E-state index contributed by atoms with van der Waals surface area (Å²) in [6.45, 7) is 9.00. The quantitative estimate of drug-likeness (QED) is 0.399. The number of benzene rings is 2. The minimum Gasteiger partial charge on any atom is -0.379 e. The molecule has 178 valence electrons. The van der Waals surface area contributed by atoms with Crippen molar-refractivity contribution in [1.29, 1.82) is 0 Å². The number of nitrogens with zero attached hydrogens (tertiary/aromatic N) is 3. The number of urea groups is 1. The van der Waals surface area contributed by atoms with Crippen LogP contribution in [0.5, 0.6) is 0 Å². The molecule has 0 spiro atoms. The Bertz CT molecular complexity index is 1190. The van der Waals surface area contributed by atoms with Gasteiger partial charge in [0.15, 0.2) is 0 Å². The molecule has 1 atom stereocenters. The lowest BCUT2D eigenvalue weighted by atomic mass is 9.94. The monoisotopic (exact) mass is 480 g/mol. The number of aryl methyl sites for hydroxylation is 1. The van der Waals surface area contributed by atoms with Crippen LogP contribution in [-0.2, 0) is 4.74 Å². The van der Waals surface area contributed by atoms with Crippen molar-refractivity contribution in [3.63, 3.8) is 0 Å². The molecule has 1 aromatic heterocycles. The summed E-state index contributed by atoms with van der Waals surface area (Å²) in [5.74, 6) is 0.857. The van der Waals surface area contributed by atoms with Crippen molar-refractivity contribution in [2.24, 2.45) is 0 Å². The Morgan fingerprint density at radius 3 is 2.65 bits per heavy atom. The third-order valence-electron chi connectivity index (χ3n) is 5.72. The van der Waals surface area contributed by atoms with Gasteiger partial charge in [-0.1, -0.05) is 58.7 Å². The molecule has 2 heterocycles. The summed E-state index contributed by atoms with van der Waals surface area (Å²) in [5.41, 5.74) is 4.36. The molecule has 2 amide bonds. The number of rotatable bonds is 8. The molecule has 0 aliphatic carbocycles. The van der Waals surface area contributed by atoms with Crippen LogP contribution in [-0.4, -0.2) is 40.3 Å². The van der Waals surface area contributed by atoms with Gasteiger partial charge in [-0.2, -0.15) is 4.98 Å². The standard InChI is InChI=1S/C26H29ClN4O3/c1-16(2)33-14-6-13-31-18(4)22(23(28-26(31)32)20-7-5-8-21(27)15-20)25-29-24(30-34-25)19-11-9-17(3)10-12-19/h5,7-12,15-16,23H,6,13-14H2,1-4H3,(H,28,32). The molecule has 0 saturated heterocycles. The van der Waals surface area contributed by atoms with Crippen molar-refractivity contribution in [3.8, 4) is 11.4 Å². The van der Waals surface area contributed by atoms with Crippen LogP contribution >= 0.6 is 11.6 Å². The molecule has 0 fully saturated rings. The topological polar surface area (TPSA) is 80.5 Å². The summed E-state index contributed by atoms with van der Waals surface area (Å²) in [5, 5.41) is 7.90. The molecule has 34 heavy (non-hydrogen) atoms. The van der Waals surface area contributed by atoms with E-state index >= 15 is 0 Å². The number of aromatic nitrogens is 2. The van der Waals surface area contributed by atoms with Crippen LogP contribution in [0.2, 0.25) is 5.02 Å². The second-order valence-corrected chi connectivity index (χ2v) is 9.09. The van der Waals surface area contributed by atoms with Gasteiger partial charge in [0.2, 0.25) is 5.82 Å². The number of allylic oxidation sites excluding steroid dienone is 1. The zero-order valence-corrected chi connectivity index (χ0v) is 20.6. The summed E-state index contributed by atoms with van der Waals surface area (Å²) in [6.07, 6.45) is 0.851. The average molecular weight is 481 g/mol. The van der Waals surface area contributed by atoms with E-state index in [4.69, 9.17) is 25.8 Å². The van der Waals surface area contributed by atoms with Gasteiger partial charge < -0.3 is 14.6 Å². The highest BCUT2D eigenvalue weighted by Crippen LogP contribution is 2.38. The number of ether oxygens (including phenoxy) is 1. The van der Waals surface area contributed by atoms with Crippen LogP contribution in [0.15, 0.2) is 58.8 Å². The first-order chi connectivity index (χ1) is 16.3. The molecule has 1 N–H and O–H groups in total. The van der Waals surface area contributed by atoms with Gasteiger partial charge in [0.25, 0.3) is 5.89 Å². The maximum Gasteiger partial charge on any atom is 0.322 e. The number of carbonyl (C=O) groups is 1. The fraction of sp³-hybridized carbons (Fsp3) is 0.346. The second kappa shape index (κ2) is 10.4. The number of hydrogen-bond acceptors (Lipinski definition) is 5. The fourth-order valence-corrected chi connectivity index (χ4v) is 4.16. The first kappa shape index (κ1) is 24.0. The summed E-state index contributed by atoms with van der Waals surface area (Å²) >= 11 is 6.26. The number of carbonyl (C=O) groups excluding carboxylic acids is 1. The van der Waals surface area contributed by atoms with E-state index in [1.54, 1.807) is 11.0 Å². The summed E-state index contributed by atoms with van der Waals surface area (Å²) in [4.78, 5) is 19.5. The van der Waals surface area contributed by atoms with Gasteiger partial charge in [-0.15, -0.1) is 0 Å². The Labute approximate surface area is 204 Å². The van der Waals surface area contributed by atoms with Crippen molar-refractivity contribution in [1.82, 2.24) is 20.4 Å². The lowest BCUT2D eigenvalue weighted by Crippen LogP contribution is -2.46. The smallest absolute Gasteiger partial charge is 0.322 e. The molecule has 2 aromatic carbocycles. The molecular weight excluding hydrogens is 452 g/mol. The molecule has 3 aromatic rings. The van der Waals surface area contributed by atoms with Crippen LogP contribution in [0.25, 0.3) is 17.0 Å². The normalized spacial score (nSPS) is 16.4. The molecule has 1 unspecified atom stereocenters. The van der Waals surface area contributed by atoms with Gasteiger partial charge in [-0.3, -0.25) is 4.90 Å². The van der Waals surface area contributed by atoms with Crippen molar-refractivity contribution in [2.75, 3.05) is 13.2 Å². The van der Waals surface area contributed by atoms with Gasteiger partial charge in [0, 0.05) is 29.4 Å². The second-order valence-electron chi connectivity index (χ2n) is 8.65. The molecule has 7 nitrogen and oxygen atoms in total. The first-order valence-electron chi connectivity index (χ1n) is 11.4. The molecule has 1 aliphatic rings. The minimum atomic E-state index is -0.472. The van der Waals surface area contributed by atoms with Crippen LogP contribution in [0.1, 0.15) is 50.3 Å². The number of amides is 2. The Hall–Kier alpha value is -3.16. The van der Waals surface area contributed by atoms with E-state index in [9.17, 15) is 4.79 Å². The minimum absolute atomic E-state index is 0.146. The maximum atomic E-state index is 13.1. The summed E-state index contributed by atoms with van der Waals surface area (Å²) < 4.78 is 11.4. The lowest BCUT2D eigenvalue weighted by molar-refractivity contribution is 0.0736. The van der Waals surface area contributed by atoms with Gasteiger partial charge in [0.05, 0.1) is 17.7 Å². The third kappa shape index (κ3) is 5.32.